The first-order chi connectivity index (χ1) is 14.3. The van der Waals surface area contributed by atoms with E-state index in [1.165, 1.54) is 59.8 Å². The molecule has 0 saturated heterocycles. The Morgan fingerprint density at radius 3 is 1.86 bits per heavy atom. The van der Waals surface area contributed by atoms with Gasteiger partial charge in [-0.25, -0.2) is 0 Å². The molecule has 0 unspecified atom stereocenters. The number of hydrogen-bond acceptors (Lipinski definition) is 0. The standard InChI is InChI=1S/C29H20/c1-19-7-2-4-10-22(19)27-12-6-9-21-14-16-26-25-15-13-20-8-3-5-11-23(20)24(25)17-18-28(26)29(21)27/h2-18H,1H3. The SMILES string of the molecule is Cc1ccccc1-c1cccc2ccc3c4ccc5ccccc5c4ccc3c12. The molecule has 0 aliphatic rings. The van der Waals surface area contributed by atoms with Crippen LogP contribution in [0.3, 0.4) is 0 Å². The molecule has 0 amide bonds. The molecular formula is C29H20. The first-order valence-electron chi connectivity index (χ1n) is 10.1. The lowest BCUT2D eigenvalue weighted by Gasteiger charge is -2.14. The highest BCUT2D eigenvalue weighted by Crippen LogP contribution is 2.39. The van der Waals surface area contributed by atoms with Crippen molar-refractivity contribution in [2.75, 3.05) is 0 Å². The van der Waals surface area contributed by atoms with E-state index in [9.17, 15) is 0 Å². The third-order valence-corrected chi connectivity index (χ3v) is 6.20. The number of rotatable bonds is 1. The maximum atomic E-state index is 2.31. The summed E-state index contributed by atoms with van der Waals surface area (Å²) in [6, 6.07) is 37.7. The van der Waals surface area contributed by atoms with Gasteiger partial charge in [-0.15, -0.1) is 0 Å². The Bertz CT molecular complexity index is 1550. The molecule has 136 valence electrons. The van der Waals surface area contributed by atoms with Crippen molar-refractivity contribution in [3.8, 4) is 11.1 Å². The van der Waals surface area contributed by atoms with Crippen LogP contribution in [0.5, 0.6) is 0 Å². The van der Waals surface area contributed by atoms with Crippen molar-refractivity contribution in [3.05, 3.63) is 109 Å². The van der Waals surface area contributed by atoms with Crippen LogP contribution in [-0.4, -0.2) is 0 Å². The predicted octanol–water partition coefficient (Wildman–Crippen LogP) is 8.27. The average Bonchev–Trinajstić information content (AvgIpc) is 2.78. The zero-order valence-corrected chi connectivity index (χ0v) is 16.3. The van der Waals surface area contributed by atoms with Crippen LogP contribution in [0.2, 0.25) is 0 Å². The molecule has 0 fully saturated rings. The van der Waals surface area contributed by atoms with E-state index in [-0.39, 0.29) is 0 Å². The van der Waals surface area contributed by atoms with Gasteiger partial charge in [-0.2, -0.15) is 0 Å². The highest BCUT2D eigenvalue weighted by molar-refractivity contribution is 6.24. The molecule has 0 spiro atoms. The average molecular weight is 368 g/mol. The molecule has 6 rings (SSSR count). The molecule has 6 aromatic carbocycles. The molecule has 0 heterocycles. The lowest BCUT2D eigenvalue weighted by Crippen LogP contribution is -1.88. The van der Waals surface area contributed by atoms with E-state index in [0.717, 1.165) is 0 Å². The number of aryl methyl sites for hydroxylation is 1. The van der Waals surface area contributed by atoms with E-state index in [0.29, 0.717) is 0 Å². The van der Waals surface area contributed by atoms with Crippen molar-refractivity contribution in [2.24, 2.45) is 0 Å². The first-order valence-corrected chi connectivity index (χ1v) is 10.1. The third kappa shape index (κ3) is 2.39. The topological polar surface area (TPSA) is 0 Å². The minimum Gasteiger partial charge on any atom is -0.0620 e. The van der Waals surface area contributed by atoms with Gasteiger partial charge < -0.3 is 0 Å². The van der Waals surface area contributed by atoms with E-state index in [2.05, 4.69) is 110 Å². The molecule has 6 aromatic rings. The predicted molar refractivity (Wildman–Crippen MR) is 127 cm³/mol. The lowest BCUT2D eigenvalue weighted by molar-refractivity contribution is 1.47. The van der Waals surface area contributed by atoms with Crippen molar-refractivity contribution in [3.63, 3.8) is 0 Å². The van der Waals surface area contributed by atoms with Gasteiger partial charge in [-0.3, -0.25) is 0 Å². The molecule has 0 saturated carbocycles. The summed E-state index contributed by atoms with van der Waals surface area (Å²) in [5.74, 6) is 0. The fourth-order valence-corrected chi connectivity index (χ4v) is 4.79. The van der Waals surface area contributed by atoms with Crippen LogP contribution in [0.1, 0.15) is 5.56 Å². The maximum Gasteiger partial charge on any atom is -0.00265 e. The van der Waals surface area contributed by atoms with Crippen LogP contribution >= 0.6 is 0 Å². The van der Waals surface area contributed by atoms with Crippen molar-refractivity contribution in [2.45, 2.75) is 6.92 Å². The van der Waals surface area contributed by atoms with E-state index in [4.69, 9.17) is 0 Å². The van der Waals surface area contributed by atoms with Gasteiger partial charge in [0.2, 0.25) is 0 Å². The molecule has 0 heteroatoms. The van der Waals surface area contributed by atoms with Crippen molar-refractivity contribution in [1.29, 1.82) is 0 Å². The smallest absolute Gasteiger partial charge is 0.00265 e. The van der Waals surface area contributed by atoms with Crippen LogP contribution in [0, 0.1) is 6.92 Å². The molecule has 29 heavy (non-hydrogen) atoms. The van der Waals surface area contributed by atoms with Crippen LogP contribution < -0.4 is 0 Å². The Morgan fingerprint density at radius 1 is 0.379 bits per heavy atom. The highest BCUT2D eigenvalue weighted by Gasteiger charge is 2.11. The molecule has 0 aromatic heterocycles. The Kier molecular flexibility index (Phi) is 3.48. The monoisotopic (exact) mass is 368 g/mol. The van der Waals surface area contributed by atoms with Gasteiger partial charge in [0.1, 0.15) is 0 Å². The minimum absolute atomic E-state index is 1.29. The summed E-state index contributed by atoms with van der Waals surface area (Å²) < 4.78 is 0. The fourth-order valence-electron chi connectivity index (χ4n) is 4.79. The van der Waals surface area contributed by atoms with E-state index < -0.39 is 0 Å². The van der Waals surface area contributed by atoms with Crippen LogP contribution in [0.4, 0.5) is 0 Å². The largest absolute Gasteiger partial charge is 0.0620 e. The Morgan fingerprint density at radius 2 is 0.966 bits per heavy atom. The summed E-state index contributed by atoms with van der Waals surface area (Å²) >= 11 is 0. The van der Waals surface area contributed by atoms with Gasteiger partial charge in [-0.05, 0) is 66.7 Å². The summed E-state index contributed by atoms with van der Waals surface area (Å²) in [7, 11) is 0. The summed E-state index contributed by atoms with van der Waals surface area (Å²) in [6.07, 6.45) is 0. The Balaban J connectivity index is 1.79. The second kappa shape index (κ2) is 6.18. The van der Waals surface area contributed by atoms with Crippen LogP contribution in [-0.2, 0) is 0 Å². The minimum atomic E-state index is 1.29. The van der Waals surface area contributed by atoms with Gasteiger partial charge >= 0.3 is 0 Å². The van der Waals surface area contributed by atoms with Gasteiger partial charge in [0.15, 0.2) is 0 Å². The molecular weight excluding hydrogens is 348 g/mol. The molecule has 0 atom stereocenters. The first kappa shape index (κ1) is 16.3. The summed E-state index contributed by atoms with van der Waals surface area (Å²) in [5, 5.41) is 10.5. The van der Waals surface area contributed by atoms with Gasteiger partial charge in [0.25, 0.3) is 0 Å². The van der Waals surface area contributed by atoms with E-state index in [1.807, 2.05) is 0 Å². The van der Waals surface area contributed by atoms with Crippen molar-refractivity contribution in [1.82, 2.24) is 0 Å². The fraction of sp³-hybridized carbons (Fsp3) is 0.0345. The quantitative estimate of drug-likeness (QED) is 0.256. The van der Waals surface area contributed by atoms with Crippen LogP contribution in [0.15, 0.2) is 103 Å². The van der Waals surface area contributed by atoms with Gasteiger partial charge in [0.05, 0.1) is 0 Å². The number of hydrogen-bond donors (Lipinski definition) is 0. The molecule has 0 radical (unpaired) electrons. The summed E-state index contributed by atoms with van der Waals surface area (Å²) in [6.45, 7) is 2.20. The molecule has 0 aliphatic carbocycles. The third-order valence-electron chi connectivity index (χ3n) is 6.20. The molecule has 0 bridgehead atoms. The maximum absolute atomic E-state index is 2.31. The Labute approximate surface area is 170 Å². The molecule has 0 N–H and O–H groups in total. The second-order valence-corrected chi connectivity index (χ2v) is 7.83. The number of fused-ring (bicyclic) bond motifs is 7. The summed E-state index contributed by atoms with van der Waals surface area (Å²) in [4.78, 5) is 0. The lowest BCUT2D eigenvalue weighted by atomic mass is 9.89. The van der Waals surface area contributed by atoms with Gasteiger partial charge in [0, 0.05) is 0 Å². The molecule has 0 aliphatic heterocycles. The number of benzene rings is 6. The highest BCUT2D eigenvalue weighted by atomic mass is 14.1. The molecule has 0 nitrogen and oxygen atoms in total. The second-order valence-electron chi connectivity index (χ2n) is 7.83. The normalized spacial score (nSPS) is 11.6. The van der Waals surface area contributed by atoms with Gasteiger partial charge in [-0.1, -0.05) is 103 Å². The van der Waals surface area contributed by atoms with E-state index >= 15 is 0 Å². The van der Waals surface area contributed by atoms with Crippen molar-refractivity contribution < 1.29 is 0 Å². The van der Waals surface area contributed by atoms with Crippen molar-refractivity contribution >= 4 is 43.1 Å². The van der Waals surface area contributed by atoms with Crippen LogP contribution in [0.25, 0.3) is 54.2 Å². The van der Waals surface area contributed by atoms with E-state index in [1.54, 1.807) is 0 Å². The zero-order valence-electron chi connectivity index (χ0n) is 16.3. The zero-order chi connectivity index (χ0) is 19.4. The Hall–Kier alpha value is -3.64. The summed E-state index contributed by atoms with van der Waals surface area (Å²) in [5.41, 5.74) is 3.93.